The van der Waals surface area contributed by atoms with E-state index in [0.29, 0.717) is 39.3 Å². The fourth-order valence-corrected chi connectivity index (χ4v) is 4.01. The van der Waals surface area contributed by atoms with Gasteiger partial charge in [-0.15, -0.1) is 0 Å². The highest BCUT2D eigenvalue weighted by molar-refractivity contribution is 6.15. The van der Waals surface area contributed by atoms with E-state index < -0.39 is 11.6 Å². The number of halogens is 2. The Morgan fingerprint density at radius 2 is 1.63 bits per heavy atom. The first-order valence-corrected chi connectivity index (χ1v) is 9.33. The van der Waals surface area contributed by atoms with Crippen molar-refractivity contribution < 1.29 is 22.7 Å². The summed E-state index contributed by atoms with van der Waals surface area (Å²) >= 11 is 0. The minimum Gasteiger partial charge on any atom is -0.493 e. The Labute approximate surface area is 170 Å². The van der Waals surface area contributed by atoms with E-state index in [9.17, 15) is 8.78 Å². The van der Waals surface area contributed by atoms with Gasteiger partial charge in [0.05, 0.1) is 20.5 Å². The highest BCUT2D eigenvalue weighted by Crippen LogP contribution is 2.43. The number of aryl methyl sites for hydroxylation is 1. The first kappa shape index (κ1) is 18.4. The molecule has 0 aliphatic carbocycles. The van der Waals surface area contributed by atoms with Gasteiger partial charge >= 0.3 is 0 Å². The summed E-state index contributed by atoms with van der Waals surface area (Å²) in [6.07, 6.45) is 1.60. The second kappa shape index (κ2) is 6.69. The lowest BCUT2D eigenvalue weighted by molar-refractivity contribution is 0.356. The quantitative estimate of drug-likeness (QED) is 0.348. The van der Waals surface area contributed by atoms with E-state index >= 15 is 0 Å². The Balaban J connectivity index is 2.01. The van der Waals surface area contributed by atoms with Crippen molar-refractivity contribution in [2.45, 2.75) is 6.92 Å². The Morgan fingerprint density at radius 1 is 0.867 bits per heavy atom. The van der Waals surface area contributed by atoms with Crippen LogP contribution in [0, 0.1) is 18.6 Å². The zero-order chi connectivity index (χ0) is 21.0. The molecule has 5 aromatic rings. The van der Waals surface area contributed by atoms with Gasteiger partial charge in [0.25, 0.3) is 0 Å². The molecule has 0 unspecified atom stereocenters. The standard InChI is InChI=1S/C24H17F2NO3/c1-12-6-17(18-9-15(25)10-19(26)23(18)27-12)22-16-11-21(29-3)20(28-2)8-14(16)7-13-4-5-30-24(13)22/h4-11H,1-3H3. The van der Waals surface area contributed by atoms with Gasteiger partial charge in [-0.1, -0.05) is 0 Å². The first-order valence-electron chi connectivity index (χ1n) is 9.33. The van der Waals surface area contributed by atoms with Gasteiger partial charge in [-0.05, 0) is 59.7 Å². The second-order valence-electron chi connectivity index (χ2n) is 7.11. The predicted molar refractivity (Wildman–Crippen MR) is 112 cm³/mol. The van der Waals surface area contributed by atoms with E-state index in [1.165, 1.54) is 6.07 Å². The fourth-order valence-electron chi connectivity index (χ4n) is 4.01. The number of ether oxygens (including phenoxy) is 2. The Bertz CT molecular complexity index is 1460. The summed E-state index contributed by atoms with van der Waals surface area (Å²) in [5.74, 6) is -0.233. The van der Waals surface area contributed by atoms with Crippen LogP contribution in [0.15, 0.2) is 53.1 Å². The SMILES string of the molecule is COc1cc2cc3ccoc3c(-c3cc(C)nc4c(F)cc(F)cc34)c2cc1OC. The zero-order valence-electron chi connectivity index (χ0n) is 16.5. The third-order valence-corrected chi connectivity index (χ3v) is 5.29. The Hall–Kier alpha value is -3.67. The molecule has 0 bridgehead atoms. The van der Waals surface area contributed by atoms with Crippen molar-refractivity contribution in [3.8, 4) is 22.6 Å². The summed E-state index contributed by atoms with van der Waals surface area (Å²) in [5, 5.41) is 2.94. The molecule has 2 heterocycles. The molecular weight excluding hydrogens is 388 g/mol. The largest absolute Gasteiger partial charge is 0.493 e. The first-order chi connectivity index (χ1) is 14.5. The average Bonchev–Trinajstić information content (AvgIpc) is 3.19. The number of furan rings is 1. The van der Waals surface area contributed by atoms with Crippen molar-refractivity contribution in [3.63, 3.8) is 0 Å². The molecule has 0 radical (unpaired) electrons. The van der Waals surface area contributed by atoms with Crippen LogP contribution in [0.1, 0.15) is 5.69 Å². The minimum absolute atomic E-state index is 0.114. The minimum atomic E-state index is -0.704. The van der Waals surface area contributed by atoms with Crippen molar-refractivity contribution >= 4 is 32.6 Å². The number of aromatic nitrogens is 1. The maximum absolute atomic E-state index is 14.5. The Kier molecular flexibility index (Phi) is 4.10. The molecule has 5 rings (SSSR count). The van der Waals surface area contributed by atoms with Gasteiger partial charge in [-0.2, -0.15) is 0 Å². The molecule has 0 fully saturated rings. The molecule has 0 amide bonds. The van der Waals surface area contributed by atoms with Crippen molar-refractivity contribution in [2.75, 3.05) is 14.2 Å². The van der Waals surface area contributed by atoms with Gasteiger partial charge < -0.3 is 13.9 Å². The van der Waals surface area contributed by atoms with E-state index in [1.54, 1.807) is 27.4 Å². The van der Waals surface area contributed by atoms with E-state index in [1.807, 2.05) is 30.3 Å². The average molecular weight is 405 g/mol. The smallest absolute Gasteiger partial charge is 0.161 e. The number of benzene rings is 3. The summed E-state index contributed by atoms with van der Waals surface area (Å²) in [4.78, 5) is 4.29. The Morgan fingerprint density at radius 3 is 2.40 bits per heavy atom. The van der Waals surface area contributed by atoms with E-state index in [4.69, 9.17) is 13.9 Å². The molecule has 0 aliphatic rings. The van der Waals surface area contributed by atoms with Crippen LogP contribution in [0.5, 0.6) is 11.5 Å². The fraction of sp³-hybridized carbons (Fsp3) is 0.125. The summed E-state index contributed by atoms with van der Waals surface area (Å²) in [6.45, 7) is 1.78. The molecule has 0 spiro atoms. The van der Waals surface area contributed by atoms with Crippen LogP contribution in [-0.4, -0.2) is 19.2 Å². The lowest BCUT2D eigenvalue weighted by Crippen LogP contribution is -1.95. The topological polar surface area (TPSA) is 44.5 Å². The normalized spacial score (nSPS) is 11.5. The van der Waals surface area contributed by atoms with Crippen LogP contribution in [0.25, 0.3) is 43.8 Å². The monoisotopic (exact) mass is 405 g/mol. The van der Waals surface area contributed by atoms with Crippen molar-refractivity contribution in [3.05, 3.63) is 66.1 Å². The molecule has 0 atom stereocenters. The van der Waals surface area contributed by atoms with Crippen molar-refractivity contribution in [1.82, 2.24) is 4.98 Å². The number of rotatable bonds is 3. The predicted octanol–water partition coefficient (Wildman–Crippen LogP) is 6.41. The van der Waals surface area contributed by atoms with Crippen LogP contribution >= 0.6 is 0 Å². The lowest BCUT2D eigenvalue weighted by atomic mass is 9.93. The van der Waals surface area contributed by atoms with Crippen LogP contribution in [-0.2, 0) is 0 Å². The van der Waals surface area contributed by atoms with Crippen LogP contribution < -0.4 is 9.47 Å². The molecule has 0 N–H and O–H groups in total. The van der Waals surface area contributed by atoms with Crippen molar-refractivity contribution in [1.29, 1.82) is 0 Å². The summed E-state index contributed by atoms with van der Waals surface area (Å²) < 4.78 is 45.4. The molecule has 0 aliphatic heterocycles. The molecule has 150 valence electrons. The van der Waals surface area contributed by atoms with Gasteiger partial charge in [-0.3, -0.25) is 0 Å². The number of hydrogen-bond acceptors (Lipinski definition) is 4. The van der Waals surface area contributed by atoms with Gasteiger partial charge in [0, 0.05) is 28.1 Å². The summed E-state index contributed by atoms with van der Waals surface area (Å²) in [6, 6.07) is 11.5. The van der Waals surface area contributed by atoms with Crippen LogP contribution in [0.2, 0.25) is 0 Å². The van der Waals surface area contributed by atoms with Gasteiger partial charge in [0.15, 0.2) is 17.3 Å². The number of fused-ring (bicyclic) bond motifs is 3. The zero-order valence-corrected chi connectivity index (χ0v) is 16.5. The number of hydrogen-bond donors (Lipinski definition) is 0. The maximum atomic E-state index is 14.5. The lowest BCUT2D eigenvalue weighted by Gasteiger charge is -2.15. The van der Waals surface area contributed by atoms with Crippen LogP contribution in [0.3, 0.4) is 0 Å². The van der Waals surface area contributed by atoms with E-state index in [0.717, 1.165) is 22.2 Å². The van der Waals surface area contributed by atoms with E-state index in [2.05, 4.69) is 4.98 Å². The highest BCUT2D eigenvalue weighted by Gasteiger charge is 2.20. The second-order valence-corrected chi connectivity index (χ2v) is 7.11. The molecule has 3 aromatic carbocycles. The molecule has 4 nitrogen and oxygen atoms in total. The molecular formula is C24H17F2NO3. The summed E-state index contributed by atoms with van der Waals surface area (Å²) in [5.41, 5.74) is 2.69. The molecule has 0 saturated heterocycles. The van der Waals surface area contributed by atoms with Crippen molar-refractivity contribution in [2.24, 2.45) is 0 Å². The van der Waals surface area contributed by atoms with Gasteiger partial charge in [-0.25, -0.2) is 13.8 Å². The molecule has 2 aromatic heterocycles. The summed E-state index contributed by atoms with van der Waals surface area (Å²) in [7, 11) is 3.14. The molecule has 6 heteroatoms. The maximum Gasteiger partial charge on any atom is 0.161 e. The van der Waals surface area contributed by atoms with Crippen LogP contribution in [0.4, 0.5) is 8.78 Å². The van der Waals surface area contributed by atoms with E-state index in [-0.39, 0.29) is 5.52 Å². The highest BCUT2D eigenvalue weighted by atomic mass is 19.1. The van der Waals surface area contributed by atoms with Gasteiger partial charge in [0.1, 0.15) is 16.9 Å². The van der Waals surface area contributed by atoms with Gasteiger partial charge in [0.2, 0.25) is 0 Å². The number of pyridine rings is 1. The third kappa shape index (κ3) is 2.68. The number of nitrogens with zero attached hydrogens (tertiary/aromatic N) is 1. The molecule has 0 saturated carbocycles. The third-order valence-electron chi connectivity index (χ3n) is 5.29. The number of methoxy groups -OCH3 is 2. The molecule has 30 heavy (non-hydrogen) atoms.